The van der Waals surface area contributed by atoms with Crippen molar-refractivity contribution in [3.63, 3.8) is 0 Å². The van der Waals surface area contributed by atoms with Gasteiger partial charge in [-0.15, -0.1) is 0 Å². The smallest absolute Gasteiger partial charge is 0.120 e. The number of hydrogen-bond acceptors (Lipinski definition) is 1. The molecule has 0 bridgehead atoms. The number of benzene rings is 1. The summed E-state index contributed by atoms with van der Waals surface area (Å²) < 4.78 is 6.51. The number of hydrogen-bond donors (Lipinski definition) is 0. The molecule has 0 radical (unpaired) electrons. The van der Waals surface area contributed by atoms with Crippen LogP contribution in [0.15, 0.2) is 22.7 Å². The van der Waals surface area contributed by atoms with Crippen molar-refractivity contribution in [2.45, 2.75) is 6.92 Å². The Labute approximate surface area is 89.4 Å². The minimum absolute atomic E-state index is 0.704. The minimum Gasteiger partial charge on any atom is -0.493 e. The molecule has 0 saturated heterocycles. The lowest BCUT2D eigenvalue weighted by Crippen LogP contribution is -1.97. The summed E-state index contributed by atoms with van der Waals surface area (Å²) in [5.41, 5.74) is 1.22. The molecule has 0 amide bonds. The molecule has 0 aromatic heterocycles. The van der Waals surface area contributed by atoms with Gasteiger partial charge in [0, 0.05) is 9.80 Å². The maximum Gasteiger partial charge on any atom is 0.120 e. The van der Waals surface area contributed by atoms with Crippen LogP contribution in [0.4, 0.5) is 0 Å². The van der Waals surface area contributed by atoms with Crippen LogP contribution in [-0.2, 0) is 0 Å². The Hall–Kier alpha value is -0.0200. The highest BCUT2D eigenvalue weighted by Gasteiger charge is 1.96. The van der Waals surface area contributed by atoms with E-state index in [1.807, 2.05) is 18.2 Å². The van der Waals surface area contributed by atoms with Gasteiger partial charge in [-0.05, 0) is 24.6 Å². The fourth-order valence-corrected chi connectivity index (χ4v) is 1.34. The molecule has 0 aliphatic heterocycles. The molecule has 0 spiro atoms. The summed E-state index contributed by atoms with van der Waals surface area (Å²) >= 11 is 6.75. The fraction of sp³-hybridized carbons (Fsp3) is 0.333. The van der Waals surface area contributed by atoms with Crippen LogP contribution in [0.1, 0.15) is 5.56 Å². The summed E-state index contributed by atoms with van der Waals surface area (Å²) in [4.78, 5) is 0. The highest BCUT2D eigenvalue weighted by molar-refractivity contribution is 9.10. The van der Waals surface area contributed by atoms with Gasteiger partial charge in [0.1, 0.15) is 5.75 Å². The van der Waals surface area contributed by atoms with Crippen molar-refractivity contribution in [1.29, 1.82) is 0 Å². The molecule has 0 fully saturated rings. The van der Waals surface area contributed by atoms with Crippen LogP contribution in [0.2, 0.25) is 0 Å². The van der Waals surface area contributed by atoms with Gasteiger partial charge < -0.3 is 4.74 Å². The van der Waals surface area contributed by atoms with E-state index in [1.165, 1.54) is 5.56 Å². The molecule has 1 nitrogen and oxygen atoms in total. The Balaban J connectivity index is 2.69. The Kier molecular flexibility index (Phi) is 4.09. The number of ether oxygens (including phenoxy) is 1. The van der Waals surface area contributed by atoms with Gasteiger partial charge in [-0.25, -0.2) is 0 Å². The first-order valence-electron chi connectivity index (χ1n) is 3.69. The molecule has 0 atom stereocenters. The molecule has 66 valence electrons. The van der Waals surface area contributed by atoms with Crippen LogP contribution in [0.5, 0.6) is 5.75 Å². The van der Waals surface area contributed by atoms with Crippen LogP contribution in [0, 0.1) is 6.92 Å². The molecular weight excluding hydrogens is 284 g/mol. The second-order valence-electron chi connectivity index (χ2n) is 2.45. The first kappa shape index (κ1) is 10.1. The second kappa shape index (κ2) is 4.87. The average molecular weight is 294 g/mol. The summed E-state index contributed by atoms with van der Waals surface area (Å²) in [5, 5.41) is 0.860. The van der Waals surface area contributed by atoms with Gasteiger partial charge in [0.15, 0.2) is 0 Å². The number of aryl methyl sites for hydroxylation is 1. The summed E-state index contributed by atoms with van der Waals surface area (Å²) in [5.74, 6) is 0.909. The molecule has 0 N–H and O–H groups in total. The Morgan fingerprint density at radius 1 is 1.42 bits per heavy atom. The average Bonchev–Trinajstić information content (AvgIpc) is 2.07. The predicted octanol–water partition coefficient (Wildman–Crippen LogP) is 3.53. The van der Waals surface area contributed by atoms with Crippen molar-refractivity contribution in [2.75, 3.05) is 11.9 Å². The maximum atomic E-state index is 5.41. The third-order valence-electron chi connectivity index (χ3n) is 1.49. The fourth-order valence-electron chi connectivity index (χ4n) is 0.820. The van der Waals surface area contributed by atoms with Gasteiger partial charge >= 0.3 is 0 Å². The SMILES string of the molecule is Cc1ccc(OCCBr)cc1Br. The largest absolute Gasteiger partial charge is 0.493 e. The highest BCUT2D eigenvalue weighted by Crippen LogP contribution is 2.22. The van der Waals surface area contributed by atoms with Crippen LogP contribution < -0.4 is 4.74 Å². The summed E-state index contributed by atoms with van der Waals surface area (Å²) in [6.07, 6.45) is 0. The Bertz CT molecular complexity index is 261. The minimum atomic E-state index is 0.704. The molecule has 3 heteroatoms. The van der Waals surface area contributed by atoms with Crippen molar-refractivity contribution in [3.8, 4) is 5.75 Å². The quantitative estimate of drug-likeness (QED) is 0.775. The van der Waals surface area contributed by atoms with E-state index < -0.39 is 0 Å². The molecule has 1 aromatic carbocycles. The first-order valence-corrected chi connectivity index (χ1v) is 5.60. The molecule has 0 saturated carbocycles. The van der Waals surface area contributed by atoms with Gasteiger partial charge in [0.25, 0.3) is 0 Å². The van der Waals surface area contributed by atoms with Gasteiger partial charge in [-0.1, -0.05) is 37.9 Å². The third kappa shape index (κ3) is 2.79. The topological polar surface area (TPSA) is 9.23 Å². The first-order chi connectivity index (χ1) is 5.74. The molecule has 0 heterocycles. The normalized spacial score (nSPS) is 9.92. The Morgan fingerprint density at radius 3 is 2.75 bits per heavy atom. The van der Waals surface area contributed by atoms with E-state index >= 15 is 0 Å². The molecule has 1 aromatic rings. The summed E-state index contributed by atoms with van der Waals surface area (Å²) in [7, 11) is 0. The summed E-state index contributed by atoms with van der Waals surface area (Å²) in [6, 6.07) is 5.99. The van der Waals surface area contributed by atoms with E-state index in [1.54, 1.807) is 0 Å². The molecule has 12 heavy (non-hydrogen) atoms. The monoisotopic (exact) mass is 292 g/mol. The Morgan fingerprint density at radius 2 is 2.17 bits per heavy atom. The van der Waals surface area contributed by atoms with Gasteiger partial charge in [0.05, 0.1) is 6.61 Å². The van der Waals surface area contributed by atoms with E-state index in [4.69, 9.17) is 4.74 Å². The summed E-state index contributed by atoms with van der Waals surface area (Å²) in [6.45, 7) is 2.76. The molecule has 0 aliphatic rings. The van der Waals surface area contributed by atoms with Gasteiger partial charge in [-0.2, -0.15) is 0 Å². The lowest BCUT2D eigenvalue weighted by atomic mass is 10.2. The molecule has 1 rings (SSSR count). The van der Waals surface area contributed by atoms with Crippen molar-refractivity contribution in [3.05, 3.63) is 28.2 Å². The molecular formula is C9H10Br2O. The zero-order chi connectivity index (χ0) is 8.97. The number of alkyl halides is 1. The molecule has 0 aliphatic carbocycles. The van der Waals surface area contributed by atoms with Gasteiger partial charge in [-0.3, -0.25) is 0 Å². The van der Waals surface area contributed by atoms with Crippen molar-refractivity contribution in [1.82, 2.24) is 0 Å². The number of halogens is 2. The van der Waals surface area contributed by atoms with Crippen molar-refractivity contribution >= 4 is 31.9 Å². The zero-order valence-electron chi connectivity index (χ0n) is 6.81. The lowest BCUT2D eigenvalue weighted by molar-refractivity contribution is 0.345. The number of rotatable bonds is 3. The van der Waals surface area contributed by atoms with E-state index in [9.17, 15) is 0 Å². The zero-order valence-corrected chi connectivity index (χ0v) is 9.98. The molecule has 0 unspecified atom stereocenters. The standard InChI is InChI=1S/C9H10Br2O/c1-7-2-3-8(6-9(7)11)12-5-4-10/h2-3,6H,4-5H2,1H3. The highest BCUT2D eigenvalue weighted by atomic mass is 79.9. The van der Waals surface area contributed by atoms with E-state index in [-0.39, 0.29) is 0 Å². The van der Waals surface area contributed by atoms with Crippen molar-refractivity contribution in [2.24, 2.45) is 0 Å². The van der Waals surface area contributed by atoms with E-state index in [0.717, 1.165) is 15.6 Å². The van der Waals surface area contributed by atoms with E-state index in [0.29, 0.717) is 6.61 Å². The van der Waals surface area contributed by atoms with Gasteiger partial charge in [0.2, 0.25) is 0 Å². The van der Waals surface area contributed by atoms with Crippen LogP contribution in [0.3, 0.4) is 0 Å². The van der Waals surface area contributed by atoms with Crippen LogP contribution in [0.25, 0.3) is 0 Å². The second-order valence-corrected chi connectivity index (χ2v) is 4.10. The van der Waals surface area contributed by atoms with Crippen LogP contribution >= 0.6 is 31.9 Å². The van der Waals surface area contributed by atoms with Crippen LogP contribution in [-0.4, -0.2) is 11.9 Å². The third-order valence-corrected chi connectivity index (χ3v) is 2.67. The lowest BCUT2D eigenvalue weighted by Gasteiger charge is -2.05. The predicted molar refractivity (Wildman–Crippen MR) is 58.2 cm³/mol. The van der Waals surface area contributed by atoms with E-state index in [2.05, 4.69) is 38.8 Å². The van der Waals surface area contributed by atoms with Crippen molar-refractivity contribution < 1.29 is 4.74 Å². The maximum absolute atomic E-state index is 5.41.